The minimum atomic E-state index is -1.28. The second-order valence-corrected chi connectivity index (χ2v) is 6.19. The van der Waals surface area contributed by atoms with Crippen LogP contribution in [0.5, 0.6) is 0 Å². The van der Waals surface area contributed by atoms with Crippen molar-refractivity contribution in [1.29, 1.82) is 0 Å². The van der Waals surface area contributed by atoms with Crippen LogP contribution in [-0.4, -0.2) is 58.8 Å². The molecule has 0 fully saturated rings. The third kappa shape index (κ3) is 7.71. The quantitative estimate of drug-likeness (QED) is 0.248. The van der Waals surface area contributed by atoms with E-state index in [4.69, 9.17) is 16.6 Å². The molecule has 0 radical (unpaired) electrons. The number of hydrogen-bond donors (Lipinski definition) is 6. The zero-order valence-electron chi connectivity index (χ0n) is 14.5. The summed E-state index contributed by atoms with van der Waals surface area (Å²) in [5.41, 5.74) is 11.1. The number of unbranched alkanes of at least 4 members (excludes halogenated alkanes) is 1. The summed E-state index contributed by atoms with van der Waals surface area (Å²) in [5, 5.41) is 23.5. The van der Waals surface area contributed by atoms with Crippen molar-refractivity contribution in [2.45, 2.75) is 64.3 Å². The van der Waals surface area contributed by atoms with Gasteiger partial charge in [-0.05, 0) is 32.2 Å². The van der Waals surface area contributed by atoms with Crippen LogP contribution in [-0.2, 0) is 14.4 Å². The van der Waals surface area contributed by atoms with Gasteiger partial charge in [-0.3, -0.25) is 9.59 Å². The third-order valence-electron chi connectivity index (χ3n) is 3.60. The van der Waals surface area contributed by atoms with Gasteiger partial charge in [-0.2, -0.15) is 0 Å². The number of amides is 2. The highest BCUT2D eigenvalue weighted by Crippen LogP contribution is 2.05. The Labute approximate surface area is 142 Å². The monoisotopic (exact) mass is 346 g/mol. The first-order chi connectivity index (χ1) is 11.1. The standard InChI is InChI=1S/C15H30N4O5/c1-8(2)11(15(23)24)18-14(22)12(9(3)20)19-13(21)10(17)6-4-5-7-16/h8-12,20H,4-7,16-17H2,1-3H3,(H,18,22)(H,19,21)(H,23,24). The Kier molecular flexibility index (Phi) is 10.2. The molecule has 140 valence electrons. The molecule has 0 aromatic rings. The number of hydrogen-bond acceptors (Lipinski definition) is 6. The van der Waals surface area contributed by atoms with Crippen LogP contribution in [0, 0.1) is 5.92 Å². The number of aliphatic hydroxyl groups is 1. The van der Waals surface area contributed by atoms with Gasteiger partial charge in [0.25, 0.3) is 0 Å². The number of rotatable bonds is 11. The number of nitrogens with two attached hydrogens (primary N) is 2. The predicted molar refractivity (Wildman–Crippen MR) is 88.9 cm³/mol. The van der Waals surface area contributed by atoms with Crippen LogP contribution in [0.2, 0.25) is 0 Å². The lowest BCUT2D eigenvalue weighted by Gasteiger charge is -2.25. The van der Waals surface area contributed by atoms with Gasteiger partial charge in [0.2, 0.25) is 11.8 Å². The molecule has 4 atom stereocenters. The van der Waals surface area contributed by atoms with E-state index in [0.29, 0.717) is 19.4 Å². The fourth-order valence-electron chi connectivity index (χ4n) is 2.06. The van der Waals surface area contributed by atoms with Gasteiger partial charge < -0.3 is 32.3 Å². The van der Waals surface area contributed by atoms with Gasteiger partial charge in [0, 0.05) is 0 Å². The van der Waals surface area contributed by atoms with Gasteiger partial charge in [0.05, 0.1) is 12.1 Å². The molecule has 0 heterocycles. The maximum atomic E-state index is 12.2. The average Bonchev–Trinajstić information content (AvgIpc) is 2.48. The topological polar surface area (TPSA) is 168 Å². The van der Waals surface area contributed by atoms with Crippen molar-refractivity contribution in [3.63, 3.8) is 0 Å². The second kappa shape index (κ2) is 11.0. The first-order valence-electron chi connectivity index (χ1n) is 8.09. The van der Waals surface area contributed by atoms with Crippen LogP contribution in [0.3, 0.4) is 0 Å². The number of carbonyl (C=O) groups is 3. The minimum Gasteiger partial charge on any atom is -0.480 e. The van der Waals surface area contributed by atoms with E-state index < -0.39 is 42.0 Å². The van der Waals surface area contributed by atoms with E-state index in [1.165, 1.54) is 6.92 Å². The summed E-state index contributed by atoms with van der Waals surface area (Å²) in [6.07, 6.45) is 0.605. The maximum absolute atomic E-state index is 12.2. The fourth-order valence-corrected chi connectivity index (χ4v) is 2.06. The number of aliphatic hydroxyl groups excluding tert-OH is 1. The number of nitrogens with one attached hydrogen (secondary N) is 2. The Morgan fingerprint density at radius 2 is 1.54 bits per heavy atom. The van der Waals surface area contributed by atoms with Crippen molar-refractivity contribution in [3.8, 4) is 0 Å². The number of carboxylic acids is 1. The molecule has 0 aliphatic heterocycles. The van der Waals surface area contributed by atoms with E-state index in [9.17, 15) is 19.5 Å². The van der Waals surface area contributed by atoms with Crippen LogP contribution in [0.15, 0.2) is 0 Å². The Bertz CT molecular complexity index is 428. The normalized spacial score (nSPS) is 16.1. The number of carboxylic acid groups (broad SMARTS) is 1. The van der Waals surface area contributed by atoms with Crippen molar-refractivity contribution < 1.29 is 24.6 Å². The Hall–Kier alpha value is -1.71. The highest BCUT2D eigenvalue weighted by atomic mass is 16.4. The molecule has 2 amide bonds. The lowest BCUT2D eigenvalue weighted by Crippen LogP contribution is -2.58. The highest BCUT2D eigenvalue weighted by Gasteiger charge is 2.31. The van der Waals surface area contributed by atoms with Crippen molar-refractivity contribution in [3.05, 3.63) is 0 Å². The second-order valence-electron chi connectivity index (χ2n) is 6.19. The van der Waals surface area contributed by atoms with E-state index in [1.807, 2.05) is 0 Å². The van der Waals surface area contributed by atoms with Crippen LogP contribution < -0.4 is 22.1 Å². The number of aliphatic carboxylic acids is 1. The molecule has 9 nitrogen and oxygen atoms in total. The molecule has 9 heteroatoms. The van der Waals surface area contributed by atoms with Crippen molar-refractivity contribution in [1.82, 2.24) is 10.6 Å². The van der Waals surface area contributed by atoms with Gasteiger partial charge in [-0.1, -0.05) is 20.3 Å². The van der Waals surface area contributed by atoms with E-state index in [-0.39, 0.29) is 5.92 Å². The molecule has 0 rings (SSSR count). The first-order valence-corrected chi connectivity index (χ1v) is 8.09. The molecule has 0 aromatic heterocycles. The summed E-state index contributed by atoms with van der Waals surface area (Å²) in [6, 6.07) is -3.22. The molecular formula is C15H30N4O5. The van der Waals surface area contributed by atoms with E-state index in [0.717, 1.165) is 6.42 Å². The molecule has 0 bridgehead atoms. The summed E-state index contributed by atoms with van der Waals surface area (Å²) in [4.78, 5) is 35.4. The zero-order chi connectivity index (χ0) is 18.9. The molecule has 8 N–H and O–H groups in total. The highest BCUT2D eigenvalue weighted by molar-refractivity contribution is 5.92. The first kappa shape index (κ1) is 22.3. The lowest BCUT2D eigenvalue weighted by molar-refractivity contribution is -0.144. The number of carbonyl (C=O) groups excluding carboxylic acids is 2. The molecule has 0 spiro atoms. The molecular weight excluding hydrogens is 316 g/mol. The SMILES string of the molecule is CC(C)C(NC(=O)C(NC(=O)C(N)CCCCN)C(C)O)C(=O)O. The van der Waals surface area contributed by atoms with Crippen LogP contribution >= 0.6 is 0 Å². The molecule has 24 heavy (non-hydrogen) atoms. The summed E-state index contributed by atoms with van der Waals surface area (Å²) in [6.45, 7) is 5.11. The summed E-state index contributed by atoms with van der Waals surface area (Å²) in [7, 11) is 0. The zero-order valence-corrected chi connectivity index (χ0v) is 14.5. The van der Waals surface area contributed by atoms with Crippen LogP contribution in [0.4, 0.5) is 0 Å². The molecule has 0 aliphatic rings. The lowest BCUT2D eigenvalue weighted by atomic mass is 10.0. The summed E-state index contributed by atoms with van der Waals surface area (Å²) < 4.78 is 0. The summed E-state index contributed by atoms with van der Waals surface area (Å²) >= 11 is 0. The Morgan fingerprint density at radius 3 is 1.96 bits per heavy atom. The van der Waals surface area contributed by atoms with Gasteiger partial charge >= 0.3 is 5.97 Å². The smallest absolute Gasteiger partial charge is 0.326 e. The predicted octanol–water partition coefficient (Wildman–Crippen LogP) is -1.47. The van der Waals surface area contributed by atoms with E-state index in [2.05, 4.69) is 10.6 Å². The van der Waals surface area contributed by atoms with Crippen LogP contribution in [0.1, 0.15) is 40.0 Å². The Morgan fingerprint density at radius 1 is 1.00 bits per heavy atom. The van der Waals surface area contributed by atoms with Crippen molar-refractivity contribution in [2.24, 2.45) is 17.4 Å². The van der Waals surface area contributed by atoms with E-state index in [1.54, 1.807) is 13.8 Å². The van der Waals surface area contributed by atoms with Crippen LogP contribution in [0.25, 0.3) is 0 Å². The summed E-state index contributed by atoms with van der Waals surface area (Å²) in [5.74, 6) is -2.89. The van der Waals surface area contributed by atoms with E-state index >= 15 is 0 Å². The molecule has 0 saturated carbocycles. The largest absolute Gasteiger partial charge is 0.480 e. The third-order valence-corrected chi connectivity index (χ3v) is 3.60. The van der Waals surface area contributed by atoms with Crippen molar-refractivity contribution >= 4 is 17.8 Å². The average molecular weight is 346 g/mol. The maximum Gasteiger partial charge on any atom is 0.326 e. The fraction of sp³-hybridized carbons (Fsp3) is 0.800. The molecule has 4 unspecified atom stereocenters. The van der Waals surface area contributed by atoms with Crippen molar-refractivity contribution in [2.75, 3.05) is 6.54 Å². The molecule has 0 aliphatic carbocycles. The molecule has 0 saturated heterocycles. The van der Waals surface area contributed by atoms with Gasteiger partial charge in [0.15, 0.2) is 0 Å². The van der Waals surface area contributed by atoms with Gasteiger partial charge in [0.1, 0.15) is 12.1 Å². The Balaban J connectivity index is 4.81. The van der Waals surface area contributed by atoms with Gasteiger partial charge in [-0.15, -0.1) is 0 Å². The van der Waals surface area contributed by atoms with Gasteiger partial charge in [-0.25, -0.2) is 4.79 Å². The molecule has 0 aromatic carbocycles. The minimum absolute atomic E-state index is 0.352.